The maximum absolute atomic E-state index is 4.91. The van der Waals surface area contributed by atoms with E-state index in [-0.39, 0.29) is 0 Å². The van der Waals surface area contributed by atoms with Crippen LogP contribution >= 0.6 is 23.5 Å². The van der Waals surface area contributed by atoms with E-state index in [1.807, 2.05) is 7.05 Å². The van der Waals surface area contributed by atoms with Crippen LogP contribution in [0.4, 0.5) is 17.1 Å². The van der Waals surface area contributed by atoms with Crippen molar-refractivity contribution in [1.82, 2.24) is 9.97 Å². The minimum Gasteiger partial charge on any atom is -0.388 e. The van der Waals surface area contributed by atoms with Crippen LogP contribution in [0.25, 0.3) is 11.0 Å². The van der Waals surface area contributed by atoms with Crippen LogP contribution in [0.1, 0.15) is 5.56 Å². The molecule has 2 N–H and O–H groups in total. The number of nitrogens with one attached hydrogen (secondary N) is 2. The summed E-state index contributed by atoms with van der Waals surface area (Å²) in [5, 5.41) is 8.74. The van der Waals surface area contributed by atoms with Crippen LogP contribution in [0.2, 0.25) is 0 Å². The minimum atomic E-state index is 0.946. The Hall–Kier alpha value is -1.92. The predicted molar refractivity (Wildman–Crippen MR) is 105 cm³/mol. The number of aromatic nitrogens is 2. The van der Waals surface area contributed by atoms with E-state index in [2.05, 4.69) is 54.0 Å². The topological polar surface area (TPSA) is 49.8 Å². The Morgan fingerprint density at radius 2 is 1.46 bits per heavy atom. The van der Waals surface area contributed by atoms with E-state index < -0.39 is 0 Å². The Kier molecular flexibility index (Phi) is 4.24. The van der Waals surface area contributed by atoms with Gasteiger partial charge in [-0.2, -0.15) is 0 Å². The number of hydrogen-bond donors (Lipinski definition) is 2. The number of fused-ring (bicyclic) bond motifs is 2. The highest BCUT2D eigenvalue weighted by Crippen LogP contribution is 2.37. The normalized spacial score (nSPS) is 13.6. The van der Waals surface area contributed by atoms with Gasteiger partial charge in [0.25, 0.3) is 0 Å². The fourth-order valence-corrected chi connectivity index (χ4v) is 4.73. The van der Waals surface area contributed by atoms with E-state index >= 15 is 0 Å². The highest BCUT2D eigenvalue weighted by molar-refractivity contribution is 8.05. The number of thioether (sulfide) groups is 2. The van der Waals surface area contributed by atoms with Gasteiger partial charge in [0, 0.05) is 29.9 Å². The first-order chi connectivity index (χ1) is 11.7. The Labute approximate surface area is 149 Å². The SMILES string of the molecule is CNc1ccc(Nc2ccc(C)c3nc4c(nc23)SCCS4)cc1. The van der Waals surface area contributed by atoms with E-state index in [0.717, 1.165) is 55.2 Å². The summed E-state index contributed by atoms with van der Waals surface area (Å²) in [5.41, 5.74) is 6.23. The largest absolute Gasteiger partial charge is 0.388 e. The van der Waals surface area contributed by atoms with Gasteiger partial charge in [0.2, 0.25) is 0 Å². The van der Waals surface area contributed by atoms with E-state index in [0.29, 0.717) is 0 Å². The number of nitrogens with zero attached hydrogens (tertiary/aromatic N) is 2. The van der Waals surface area contributed by atoms with Crippen molar-refractivity contribution in [3.63, 3.8) is 0 Å². The zero-order chi connectivity index (χ0) is 16.5. The van der Waals surface area contributed by atoms with E-state index in [4.69, 9.17) is 9.97 Å². The molecule has 3 aromatic rings. The molecule has 0 fully saturated rings. The molecule has 2 aromatic carbocycles. The van der Waals surface area contributed by atoms with Crippen molar-refractivity contribution < 1.29 is 0 Å². The van der Waals surface area contributed by atoms with Crippen molar-refractivity contribution in [2.45, 2.75) is 17.0 Å². The Morgan fingerprint density at radius 3 is 2.12 bits per heavy atom. The van der Waals surface area contributed by atoms with Gasteiger partial charge in [0.05, 0.1) is 11.2 Å². The highest BCUT2D eigenvalue weighted by atomic mass is 32.2. The molecule has 1 aliphatic rings. The quantitative estimate of drug-likeness (QED) is 0.696. The molecule has 6 heteroatoms. The third kappa shape index (κ3) is 2.91. The first-order valence-corrected chi connectivity index (χ1v) is 9.83. The summed E-state index contributed by atoms with van der Waals surface area (Å²) in [4.78, 5) is 9.79. The van der Waals surface area contributed by atoms with Crippen molar-refractivity contribution in [3.8, 4) is 0 Å². The third-order valence-electron chi connectivity index (χ3n) is 3.98. The van der Waals surface area contributed by atoms with Crippen molar-refractivity contribution in [3.05, 3.63) is 42.0 Å². The molecule has 0 bridgehead atoms. The van der Waals surface area contributed by atoms with Crippen molar-refractivity contribution in [2.75, 3.05) is 29.2 Å². The molecule has 4 nitrogen and oxygen atoms in total. The summed E-state index contributed by atoms with van der Waals surface area (Å²) in [7, 11) is 1.92. The van der Waals surface area contributed by atoms with E-state index in [1.54, 1.807) is 23.5 Å². The number of hydrogen-bond acceptors (Lipinski definition) is 6. The molecule has 0 atom stereocenters. The van der Waals surface area contributed by atoms with Gasteiger partial charge in [-0.05, 0) is 42.8 Å². The second-order valence-electron chi connectivity index (χ2n) is 5.61. The van der Waals surface area contributed by atoms with Crippen LogP contribution in [-0.2, 0) is 0 Å². The lowest BCUT2D eigenvalue weighted by Gasteiger charge is -2.16. The number of benzene rings is 2. The lowest BCUT2D eigenvalue weighted by molar-refractivity contribution is 0.960. The van der Waals surface area contributed by atoms with Gasteiger partial charge in [-0.1, -0.05) is 6.07 Å². The fourth-order valence-electron chi connectivity index (χ4n) is 2.67. The Balaban J connectivity index is 1.78. The first-order valence-electron chi connectivity index (χ1n) is 7.86. The molecule has 4 rings (SSSR count). The summed E-state index contributed by atoms with van der Waals surface area (Å²) >= 11 is 3.60. The van der Waals surface area contributed by atoms with Gasteiger partial charge >= 0.3 is 0 Å². The molecule has 0 radical (unpaired) electrons. The average molecular weight is 355 g/mol. The zero-order valence-corrected chi connectivity index (χ0v) is 15.2. The van der Waals surface area contributed by atoms with Gasteiger partial charge < -0.3 is 10.6 Å². The molecule has 0 saturated heterocycles. The summed E-state index contributed by atoms with van der Waals surface area (Å²) in [5.74, 6) is 2.20. The van der Waals surface area contributed by atoms with Crippen LogP contribution in [0.15, 0.2) is 46.5 Å². The molecule has 0 unspecified atom stereocenters. The zero-order valence-electron chi connectivity index (χ0n) is 13.6. The molecule has 1 aromatic heterocycles. The van der Waals surface area contributed by atoms with E-state index in [9.17, 15) is 0 Å². The summed E-state index contributed by atoms with van der Waals surface area (Å²) < 4.78 is 0. The number of rotatable bonds is 3. The molecule has 0 saturated carbocycles. The standard InChI is InChI=1S/C18H18N4S2/c1-11-3-8-14(20-13-6-4-12(19-2)5-7-13)16-15(11)21-17-18(22-16)24-10-9-23-17/h3-8,19-20H,9-10H2,1-2H3. The predicted octanol–water partition coefficient (Wildman–Crippen LogP) is 4.92. The van der Waals surface area contributed by atoms with Crippen LogP contribution in [0.5, 0.6) is 0 Å². The molecular formula is C18H18N4S2. The summed E-state index contributed by atoms with van der Waals surface area (Å²) in [6.45, 7) is 2.09. The molecule has 1 aliphatic heterocycles. The average Bonchev–Trinajstić information content (AvgIpc) is 2.63. The fraction of sp³-hybridized carbons (Fsp3) is 0.222. The van der Waals surface area contributed by atoms with Crippen molar-refractivity contribution in [1.29, 1.82) is 0 Å². The Bertz CT molecular complexity index is 894. The Morgan fingerprint density at radius 1 is 0.833 bits per heavy atom. The third-order valence-corrected chi connectivity index (χ3v) is 6.30. The van der Waals surface area contributed by atoms with Gasteiger partial charge in [-0.25, -0.2) is 9.97 Å². The van der Waals surface area contributed by atoms with Crippen LogP contribution < -0.4 is 10.6 Å². The van der Waals surface area contributed by atoms with Gasteiger partial charge in [0.1, 0.15) is 15.6 Å². The summed E-state index contributed by atoms with van der Waals surface area (Å²) in [6.07, 6.45) is 0. The smallest absolute Gasteiger partial charge is 0.129 e. The van der Waals surface area contributed by atoms with E-state index in [1.165, 1.54) is 0 Å². The van der Waals surface area contributed by atoms with Gasteiger partial charge in [-0.3, -0.25) is 0 Å². The first kappa shape index (κ1) is 15.6. The highest BCUT2D eigenvalue weighted by Gasteiger charge is 2.17. The maximum atomic E-state index is 4.91. The molecular weight excluding hydrogens is 336 g/mol. The van der Waals surface area contributed by atoms with Crippen molar-refractivity contribution in [2.24, 2.45) is 0 Å². The molecule has 24 heavy (non-hydrogen) atoms. The lowest BCUT2D eigenvalue weighted by Crippen LogP contribution is -2.03. The number of aryl methyl sites for hydroxylation is 1. The molecule has 0 aliphatic carbocycles. The lowest BCUT2D eigenvalue weighted by atomic mass is 10.1. The van der Waals surface area contributed by atoms with Crippen molar-refractivity contribution >= 4 is 51.6 Å². The van der Waals surface area contributed by atoms with Crippen LogP contribution in [0.3, 0.4) is 0 Å². The monoisotopic (exact) mass is 354 g/mol. The second kappa shape index (κ2) is 6.53. The van der Waals surface area contributed by atoms with Crippen LogP contribution in [-0.4, -0.2) is 28.5 Å². The summed E-state index contributed by atoms with van der Waals surface area (Å²) in [6, 6.07) is 12.4. The molecule has 2 heterocycles. The van der Waals surface area contributed by atoms with Gasteiger partial charge in [-0.15, -0.1) is 23.5 Å². The number of anilines is 3. The minimum absolute atomic E-state index is 0.946. The van der Waals surface area contributed by atoms with Crippen LogP contribution in [0, 0.1) is 6.92 Å². The van der Waals surface area contributed by atoms with Gasteiger partial charge in [0.15, 0.2) is 0 Å². The second-order valence-corrected chi connectivity index (χ2v) is 7.78. The maximum Gasteiger partial charge on any atom is 0.129 e. The molecule has 0 amide bonds. The molecule has 0 spiro atoms. The molecule has 122 valence electrons.